The van der Waals surface area contributed by atoms with E-state index in [9.17, 15) is 4.79 Å². The lowest BCUT2D eigenvalue weighted by Gasteiger charge is -2.05. The molecule has 0 aliphatic carbocycles. The van der Waals surface area contributed by atoms with Crippen LogP contribution in [0.4, 0.5) is 0 Å². The molecule has 132 valence electrons. The molecule has 3 rings (SSSR count). The van der Waals surface area contributed by atoms with Crippen molar-refractivity contribution >= 4 is 38.8 Å². The Morgan fingerprint density at radius 3 is 2.84 bits per heavy atom. The molecular formula is C17H19N3O3S2. The Hall–Kier alpha value is -2.03. The van der Waals surface area contributed by atoms with Crippen molar-refractivity contribution in [2.45, 2.75) is 20.0 Å². The second kappa shape index (κ2) is 7.90. The highest BCUT2D eigenvalue weighted by atomic mass is 32.1. The number of fused-ring (bicyclic) bond motifs is 1. The first-order valence-electron chi connectivity index (χ1n) is 7.77. The van der Waals surface area contributed by atoms with E-state index in [4.69, 9.17) is 9.47 Å². The fourth-order valence-electron chi connectivity index (χ4n) is 2.54. The highest BCUT2D eigenvalue weighted by Gasteiger charge is 2.21. The number of nitrogens with zero attached hydrogens (tertiary/aromatic N) is 2. The van der Waals surface area contributed by atoms with E-state index in [2.05, 4.69) is 21.4 Å². The maximum Gasteiger partial charge on any atom is 0.261 e. The third-order valence-corrected chi connectivity index (χ3v) is 5.83. The van der Waals surface area contributed by atoms with Gasteiger partial charge in [0.1, 0.15) is 11.4 Å². The van der Waals surface area contributed by atoms with Crippen molar-refractivity contribution in [2.24, 2.45) is 0 Å². The zero-order valence-electron chi connectivity index (χ0n) is 14.3. The number of hydrogen-bond donors (Lipinski definition) is 1. The van der Waals surface area contributed by atoms with Gasteiger partial charge >= 0.3 is 0 Å². The summed E-state index contributed by atoms with van der Waals surface area (Å²) in [6.07, 6.45) is 0.828. The van der Waals surface area contributed by atoms with Gasteiger partial charge in [0.2, 0.25) is 5.88 Å². The maximum absolute atomic E-state index is 12.6. The first-order valence-corrected chi connectivity index (χ1v) is 9.47. The number of ether oxygens (including phenoxy) is 2. The van der Waals surface area contributed by atoms with Gasteiger partial charge < -0.3 is 14.8 Å². The van der Waals surface area contributed by atoms with Crippen molar-refractivity contribution in [2.75, 3.05) is 20.8 Å². The molecule has 25 heavy (non-hydrogen) atoms. The van der Waals surface area contributed by atoms with Crippen LogP contribution in [-0.4, -0.2) is 36.6 Å². The molecule has 3 heterocycles. The second-order valence-corrected chi connectivity index (χ2v) is 7.44. The number of rotatable bonds is 7. The summed E-state index contributed by atoms with van der Waals surface area (Å²) < 4.78 is 10.5. The lowest BCUT2D eigenvalue weighted by Crippen LogP contribution is -2.25. The molecule has 3 aromatic rings. The van der Waals surface area contributed by atoms with E-state index in [1.54, 1.807) is 25.6 Å². The summed E-state index contributed by atoms with van der Waals surface area (Å²) in [7, 11) is 3.16. The summed E-state index contributed by atoms with van der Waals surface area (Å²) in [5.41, 5.74) is 0.842. The van der Waals surface area contributed by atoms with E-state index >= 15 is 0 Å². The van der Waals surface area contributed by atoms with E-state index in [-0.39, 0.29) is 5.91 Å². The van der Waals surface area contributed by atoms with E-state index in [1.807, 2.05) is 18.4 Å². The lowest BCUT2D eigenvalue weighted by molar-refractivity contribution is 0.0958. The number of methoxy groups -OCH3 is 2. The largest absolute Gasteiger partial charge is 0.480 e. The summed E-state index contributed by atoms with van der Waals surface area (Å²) in [5, 5.41) is 5.81. The van der Waals surface area contributed by atoms with Crippen LogP contribution in [0.3, 0.4) is 0 Å². The summed E-state index contributed by atoms with van der Waals surface area (Å²) in [6.45, 7) is 2.80. The van der Waals surface area contributed by atoms with Gasteiger partial charge in [0.05, 0.1) is 17.4 Å². The monoisotopic (exact) mass is 377 g/mol. The number of carbonyl (C=O) groups excluding carboxylic acids is 1. The summed E-state index contributed by atoms with van der Waals surface area (Å²) in [5.74, 6) is 0.925. The molecule has 0 aromatic carbocycles. The number of aryl methyl sites for hydroxylation is 1. The number of amides is 1. The topological polar surface area (TPSA) is 73.3 Å². The third-order valence-electron chi connectivity index (χ3n) is 3.71. The quantitative estimate of drug-likeness (QED) is 0.684. The minimum Gasteiger partial charge on any atom is -0.480 e. The predicted molar refractivity (Wildman–Crippen MR) is 99.8 cm³/mol. The van der Waals surface area contributed by atoms with E-state index in [0.717, 1.165) is 22.2 Å². The minimum atomic E-state index is -0.0904. The number of thiophene rings is 2. The van der Waals surface area contributed by atoms with Gasteiger partial charge in [0, 0.05) is 18.5 Å². The van der Waals surface area contributed by atoms with Crippen molar-refractivity contribution in [3.05, 3.63) is 38.7 Å². The fraction of sp³-hybridized carbons (Fsp3) is 0.353. The van der Waals surface area contributed by atoms with Crippen LogP contribution in [0.2, 0.25) is 0 Å². The van der Waals surface area contributed by atoms with Crippen molar-refractivity contribution in [3.63, 3.8) is 0 Å². The first kappa shape index (κ1) is 17.8. The van der Waals surface area contributed by atoms with Gasteiger partial charge in [0.25, 0.3) is 5.91 Å². The van der Waals surface area contributed by atoms with Gasteiger partial charge in [-0.3, -0.25) is 4.79 Å². The Labute approximate surface area is 153 Å². The molecule has 0 saturated carbocycles. The summed E-state index contributed by atoms with van der Waals surface area (Å²) in [6, 6.07) is 4.08. The molecule has 1 N–H and O–H groups in total. The highest BCUT2D eigenvalue weighted by molar-refractivity contribution is 7.20. The Balaban J connectivity index is 1.83. The zero-order chi connectivity index (χ0) is 17.8. The molecule has 0 saturated heterocycles. The SMILES string of the molecule is COCc1nc(OC)c2c(C)c(C(=O)NCCc3cccs3)sc2n1. The maximum atomic E-state index is 12.6. The molecule has 3 aromatic heterocycles. The Morgan fingerprint density at radius 1 is 1.32 bits per heavy atom. The normalized spacial score (nSPS) is 11.0. The minimum absolute atomic E-state index is 0.0904. The number of hydrogen-bond acceptors (Lipinski definition) is 7. The van der Waals surface area contributed by atoms with Crippen LogP contribution in [0.5, 0.6) is 5.88 Å². The first-order chi connectivity index (χ1) is 12.1. The molecule has 0 spiro atoms. The molecule has 0 fully saturated rings. The molecule has 0 atom stereocenters. The lowest BCUT2D eigenvalue weighted by atomic mass is 10.2. The van der Waals surface area contributed by atoms with Crippen LogP contribution in [0, 0.1) is 6.92 Å². The predicted octanol–water partition coefficient (Wildman–Crippen LogP) is 3.19. The smallest absolute Gasteiger partial charge is 0.261 e. The van der Waals surface area contributed by atoms with Crippen LogP contribution in [0.15, 0.2) is 17.5 Å². The Kier molecular flexibility index (Phi) is 5.62. The highest BCUT2D eigenvalue weighted by Crippen LogP contribution is 2.35. The van der Waals surface area contributed by atoms with Crippen LogP contribution in [0.1, 0.15) is 25.9 Å². The standard InChI is InChI=1S/C17H19N3O3S2/c1-10-13-16(23-3)19-12(9-22-2)20-17(13)25-14(10)15(21)18-7-6-11-5-4-8-24-11/h4-5,8H,6-7,9H2,1-3H3,(H,18,21). The van der Waals surface area contributed by atoms with Gasteiger partial charge in [0.15, 0.2) is 5.82 Å². The van der Waals surface area contributed by atoms with Gasteiger partial charge in [-0.2, -0.15) is 4.98 Å². The molecule has 0 bridgehead atoms. The van der Waals surface area contributed by atoms with Crippen LogP contribution in [0.25, 0.3) is 10.2 Å². The number of nitrogens with one attached hydrogen (secondary N) is 1. The number of aromatic nitrogens is 2. The van der Waals surface area contributed by atoms with Gasteiger partial charge in [-0.25, -0.2) is 4.98 Å². The van der Waals surface area contributed by atoms with Crippen molar-refractivity contribution < 1.29 is 14.3 Å². The summed E-state index contributed by atoms with van der Waals surface area (Å²) >= 11 is 3.05. The van der Waals surface area contributed by atoms with Crippen molar-refractivity contribution in [1.82, 2.24) is 15.3 Å². The zero-order valence-corrected chi connectivity index (χ0v) is 15.9. The molecule has 0 aliphatic rings. The fourth-order valence-corrected chi connectivity index (χ4v) is 4.35. The van der Waals surface area contributed by atoms with E-state index in [0.29, 0.717) is 29.7 Å². The van der Waals surface area contributed by atoms with E-state index in [1.165, 1.54) is 16.2 Å². The van der Waals surface area contributed by atoms with E-state index < -0.39 is 0 Å². The van der Waals surface area contributed by atoms with Crippen LogP contribution < -0.4 is 10.1 Å². The van der Waals surface area contributed by atoms with Crippen LogP contribution in [-0.2, 0) is 17.8 Å². The van der Waals surface area contributed by atoms with Gasteiger partial charge in [-0.1, -0.05) is 6.07 Å². The Morgan fingerprint density at radius 2 is 2.16 bits per heavy atom. The molecule has 6 nitrogen and oxygen atoms in total. The Bertz CT molecular complexity index is 875. The van der Waals surface area contributed by atoms with Crippen LogP contribution >= 0.6 is 22.7 Å². The third kappa shape index (κ3) is 3.81. The second-order valence-electron chi connectivity index (χ2n) is 5.40. The van der Waals surface area contributed by atoms with Gasteiger partial charge in [-0.15, -0.1) is 22.7 Å². The van der Waals surface area contributed by atoms with Crippen molar-refractivity contribution in [1.29, 1.82) is 0 Å². The molecular weight excluding hydrogens is 358 g/mol. The molecule has 0 radical (unpaired) electrons. The summed E-state index contributed by atoms with van der Waals surface area (Å²) in [4.78, 5) is 24.0. The van der Waals surface area contributed by atoms with Gasteiger partial charge in [-0.05, 0) is 30.4 Å². The molecule has 8 heteroatoms. The van der Waals surface area contributed by atoms with Crippen molar-refractivity contribution in [3.8, 4) is 5.88 Å². The average Bonchev–Trinajstić information content (AvgIpc) is 3.23. The molecule has 0 aliphatic heterocycles. The molecule has 0 unspecified atom stereocenters. The molecule has 1 amide bonds. The number of carbonyl (C=O) groups is 1. The average molecular weight is 377 g/mol.